The predicted octanol–water partition coefficient (Wildman–Crippen LogP) is 7.44. The van der Waals surface area contributed by atoms with Crippen molar-refractivity contribution in [1.29, 1.82) is 0 Å². The number of hydrogen-bond acceptors (Lipinski definition) is 19. The van der Waals surface area contributed by atoms with Crippen molar-refractivity contribution in [3.8, 4) is 0 Å². The van der Waals surface area contributed by atoms with Crippen LogP contribution in [0, 0.1) is 20.2 Å². The fourth-order valence-corrected chi connectivity index (χ4v) is 8.46. The Balaban J connectivity index is 0.00000121. The summed E-state index contributed by atoms with van der Waals surface area (Å²) in [5.74, 6) is -0.645. The molecular weight excluding hydrogens is 1090 g/mol. The van der Waals surface area contributed by atoms with Crippen molar-refractivity contribution < 1.29 is 70.8 Å². The van der Waals surface area contributed by atoms with Gasteiger partial charge in [0.25, 0.3) is 30.4 Å². The fraction of sp³-hybridized carbons (Fsp3) is 0.257. The molecule has 5 rings (SSSR count). The summed E-state index contributed by atoms with van der Waals surface area (Å²) < 4.78 is 119. The van der Waals surface area contributed by atoms with E-state index in [0.717, 1.165) is 6.07 Å². The lowest BCUT2D eigenvalue weighted by atomic mass is 10.4. The van der Waals surface area contributed by atoms with Crippen LogP contribution in [0.5, 0.6) is 0 Å². The first-order valence-corrected chi connectivity index (χ1v) is 28.3. The summed E-state index contributed by atoms with van der Waals surface area (Å²) in [6.07, 6.45) is 0. The average Bonchev–Trinajstić information content (AvgIpc) is 3.98. The van der Waals surface area contributed by atoms with Gasteiger partial charge in [-0.25, -0.2) is 15.2 Å². The molecule has 0 unspecified atom stereocenters. The number of furan rings is 1. The van der Waals surface area contributed by atoms with Gasteiger partial charge in [-0.15, -0.1) is 12.4 Å². The maximum absolute atomic E-state index is 13.3. The summed E-state index contributed by atoms with van der Waals surface area (Å²) in [7, 11) is -15.7. The summed E-state index contributed by atoms with van der Waals surface area (Å²) in [6, 6.07) is 27.9. The number of nitrogens with one attached hydrogen (secondary N) is 3. The van der Waals surface area contributed by atoms with Crippen LogP contribution in [-0.2, 0) is 69.8 Å². The Kier molecular flexibility index (Phi) is 29.6. The number of H-pyrrole nitrogens is 1. The van der Waals surface area contributed by atoms with E-state index in [9.17, 15) is 54.6 Å². The predicted molar refractivity (Wildman–Crippen MR) is 254 cm³/mol. The van der Waals surface area contributed by atoms with E-state index in [1.54, 1.807) is 30.3 Å². The maximum atomic E-state index is 13.3. The molecular formula is C35H46Cl4N6O18P2S3. The highest BCUT2D eigenvalue weighted by atomic mass is 36.0. The monoisotopic (exact) mass is 1140 g/mol. The van der Waals surface area contributed by atoms with E-state index in [-0.39, 0.29) is 78.9 Å². The van der Waals surface area contributed by atoms with Crippen molar-refractivity contribution in [3.63, 3.8) is 0 Å². The largest absolute Gasteiger partial charge is 0.433 e. The summed E-state index contributed by atoms with van der Waals surface area (Å²) in [4.78, 5) is 22.0. The maximum Gasteiger partial charge on any atom is 0.433 e. The molecule has 0 atom stereocenters. The van der Waals surface area contributed by atoms with E-state index in [4.69, 9.17) is 28.1 Å². The smallest absolute Gasteiger partial charge is 0.403 e. The highest BCUT2D eigenvalue weighted by Crippen LogP contribution is 2.61. The van der Waals surface area contributed by atoms with Gasteiger partial charge in [-0.1, -0.05) is 62.0 Å². The Labute approximate surface area is 412 Å². The van der Waals surface area contributed by atoms with Gasteiger partial charge in [0.05, 0.1) is 40.6 Å². The SMILES string of the molecule is C.Cl.NCCOS(=O)(=O)c1ccccc1.O=P(Cl)(Cl)Cl.O=[N+]([O-])c1ccc(CO)[nH]1.O=[N+]([O-])c1ccc(COP(=O)(NCCOS(=O)(=O)c2ccccc2)NCCOS(=O)(=O)c2ccccc2)o1. The molecule has 0 saturated heterocycles. The lowest BCUT2D eigenvalue weighted by Crippen LogP contribution is -2.30. The molecule has 0 amide bonds. The van der Waals surface area contributed by atoms with Gasteiger partial charge < -0.3 is 25.4 Å². The third-order valence-corrected chi connectivity index (χ3v) is 12.8. The zero-order chi connectivity index (χ0) is 49.4. The Hall–Kier alpha value is -3.83. The van der Waals surface area contributed by atoms with E-state index in [0.29, 0.717) is 5.69 Å². The minimum atomic E-state index is -4.06. The van der Waals surface area contributed by atoms with Crippen molar-refractivity contribution in [2.24, 2.45) is 5.73 Å². The van der Waals surface area contributed by atoms with Crippen LogP contribution in [0.4, 0.5) is 11.7 Å². The van der Waals surface area contributed by atoms with E-state index >= 15 is 0 Å². The molecule has 0 bridgehead atoms. The summed E-state index contributed by atoms with van der Waals surface area (Å²) in [6.45, 7) is -1.83. The summed E-state index contributed by atoms with van der Waals surface area (Å²) >= 11 is 13.8. The highest BCUT2D eigenvalue weighted by Gasteiger charge is 2.25. The molecule has 0 aliphatic carbocycles. The van der Waals surface area contributed by atoms with Crippen LogP contribution >= 0.6 is 59.0 Å². The standard InChI is InChI=1S/C21H24N3O11PS2.C8H11NO3S.C5H6N2O3.CH4.Cl3OP.ClH/c25-24(26)21-12-11-18(35-21)17-32-36(27,22-13-15-33-37(28,29)19-7-3-1-4-8-19)23-14-16-34-38(30,31)20-9-5-2-6-10-20;9-6-7-12-13(10,11)8-4-2-1-3-5-8;8-3-4-1-2-5(6-4)7(9)10;;1-5(2,3)4;/h1-12H,13-17H2,(H2,22,23,27);1-5H,6-7,9H2;1-2,6,8H,3H2;1H4;;1H. The van der Waals surface area contributed by atoms with Gasteiger partial charge >= 0.3 is 24.6 Å². The molecule has 68 heavy (non-hydrogen) atoms. The van der Waals surface area contributed by atoms with Gasteiger partial charge in [0, 0.05) is 25.7 Å². The van der Waals surface area contributed by atoms with Gasteiger partial charge in [-0.2, -0.15) is 25.3 Å². The molecule has 5 aromatic rings. The van der Waals surface area contributed by atoms with E-state index in [2.05, 4.69) is 53.1 Å². The van der Waals surface area contributed by atoms with E-state index in [1.165, 1.54) is 78.9 Å². The van der Waals surface area contributed by atoms with Gasteiger partial charge in [-0.3, -0.25) is 36.3 Å². The van der Waals surface area contributed by atoms with E-state index in [1.807, 2.05) is 0 Å². The number of halogens is 4. The number of hydrogen-bond donors (Lipinski definition) is 5. The van der Waals surface area contributed by atoms with Crippen molar-refractivity contribution in [2.75, 3.05) is 39.5 Å². The minimum absolute atomic E-state index is 0. The Bertz CT molecular complexity index is 2620. The summed E-state index contributed by atoms with van der Waals surface area (Å²) in [5, 5.41) is 31.1. The number of aromatic amines is 1. The van der Waals surface area contributed by atoms with Crippen LogP contribution in [0.1, 0.15) is 18.9 Å². The number of aromatic nitrogens is 1. The number of rotatable bonds is 22. The molecule has 0 aliphatic rings. The Morgan fingerprint density at radius 3 is 1.37 bits per heavy atom. The molecule has 6 N–H and O–H groups in total. The molecule has 0 spiro atoms. The number of benzene rings is 3. The topological polar surface area (TPSA) is 359 Å². The molecule has 380 valence electrons. The summed E-state index contributed by atoms with van der Waals surface area (Å²) in [5.41, 5.74) is 5.57. The third-order valence-electron chi connectivity index (χ3n) is 7.09. The molecule has 2 aromatic heterocycles. The van der Waals surface area contributed by atoms with Crippen molar-refractivity contribution in [2.45, 2.75) is 35.3 Å². The van der Waals surface area contributed by atoms with Crippen molar-refractivity contribution >= 4 is 101 Å². The van der Waals surface area contributed by atoms with Gasteiger partial charge in [0.1, 0.15) is 29.6 Å². The van der Waals surface area contributed by atoms with Crippen LogP contribution < -0.4 is 15.9 Å². The van der Waals surface area contributed by atoms with Gasteiger partial charge in [0.2, 0.25) is 0 Å². The average molecular weight is 1140 g/mol. The Morgan fingerprint density at radius 1 is 0.662 bits per heavy atom. The molecule has 0 fully saturated rings. The lowest BCUT2D eigenvalue weighted by Gasteiger charge is -2.20. The third kappa shape index (κ3) is 25.7. The first kappa shape index (κ1) is 64.2. The normalized spacial score (nSPS) is 11.4. The number of nitrogens with two attached hydrogens (primary N) is 1. The minimum Gasteiger partial charge on any atom is -0.403 e. The second-order valence-corrected chi connectivity index (χ2v) is 25.4. The zero-order valence-electron chi connectivity index (χ0n) is 34.1. The van der Waals surface area contributed by atoms with E-state index < -0.39 is 78.8 Å². The van der Waals surface area contributed by atoms with Crippen LogP contribution in [-0.4, -0.2) is 84.6 Å². The highest BCUT2D eigenvalue weighted by molar-refractivity contribution is 8.24. The number of nitro groups is 2. The molecule has 2 heterocycles. The second kappa shape index (κ2) is 31.4. The van der Waals surface area contributed by atoms with Gasteiger partial charge in [0.15, 0.2) is 0 Å². The first-order valence-electron chi connectivity index (χ1n) is 18.0. The van der Waals surface area contributed by atoms with Gasteiger partial charge in [-0.05, 0) is 87.2 Å². The van der Waals surface area contributed by atoms with Crippen molar-refractivity contribution in [1.82, 2.24) is 15.2 Å². The number of aliphatic hydroxyl groups is 1. The fourth-order valence-electron chi connectivity index (χ4n) is 4.28. The molecule has 0 saturated carbocycles. The Morgan fingerprint density at radius 2 is 1.06 bits per heavy atom. The molecule has 33 heteroatoms. The van der Waals surface area contributed by atoms with Crippen LogP contribution in [0.25, 0.3) is 0 Å². The molecule has 0 aliphatic heterocycles. The second-order valence-electron chi connectivity index (χ2n) is 11.9. The first-order chi connectivity index (χ1) is 30.9. The zero-order valence-corrected chi connectivity index (χ0v) is 41.5. The van der Waals surface area contributed by atoms with Crippen LogP contribution in [0.3, 0.4) is 0 Å². The number of nitrogens with zero attached hydrogens (tertiary/aromatic N) is 2. The lowest BCUT2D eigenvalue weighted by molar-refractivity contribution is -0.402. The quantitative estimate of drug-likeness (QED) is 0.0148. The van der Waals surface area contributed by atoms with Crippen LogP contribution in [0.2, 0.25) is 0 Å². The van der Waals surface area contributed by atoms with Crippen LogP contribution in [0.15, 0.2) is 134 Å². The number of aliphatic hydroxyl groups excluding tert-OH is 1. The van der Waals surface area contributed by atoms with Crippen molar-refractivity contribution in [3.05, 3.63) is 147 Å². The molecule has 0 radical (unpaired) electrons. The molecule has 24 nitrogen and oxygen atoms in total. The molecule has 3 aromatic carbocycles.